The fourth-order valence-corrected chi connectivity index (χ4v) is 1.57. The summed E-state index contributed by atoms with van der Waals surface area (Å²) in [6.07, 6.45) is 0.0999. The minimum Gasteiger partial charge on any atom is -0.381 e. The number of hydrogen-bond acceptors (Lipinski definition) is 3. The molecule has 0 spiro atoms. The quantitative estimate of drug-likeness (QED) is 0.737. The van der Waals surface area contributed by atoms with Crippen molar-refractivity contribution in [2.75, 3.05) is 25.5 Å². The molecule has 2 amide bonds. The largest absolute Gasteiger partial charge is 0.381 e. The summed E-state index contributed by atoms with van der Waals surface area (Å²) in [7, 11) is 1.48. The van der Waals surface area contributed by atoms with Gasteiger partial charge in [-0.3, -0.25) is 9.59 Å². The van der Waals surface area contributed by atoms with Crippen LogP contribution in [0.5, 0.6) is 0 Å². The van der Waals surface area contributed by atoms with Gasteiger partial charge >= 0.3 is 0 Å². The maximum absolute atomic E-state index is 13.6. The number of rotatable bonds is 6. The second-order valence-corrected chi connectivity index (χ2v) is 4.02. The van der Waals surface area contributed by atoms with Crippen molar-refractivity contribution in [1.29, 1.82) is 0 Å². The third-order valence-corrected chi connectivity index (χ3v) is 2.57. The molecule has 0 unspecified atom stereocenters. The lowest BCUT2D eigenvalue weighted by Gasteiger charge is -2.09. The molecule has 0 saturated heterocycles. The molecule has 5 nitrogen and oxygen atoms in total. The van der Waals surface area contributed by atoms with Gasteiger partial charge in [0.1, 0.15) is 17.3 Å². The number of anilines is 1. The normalized spacial score (nSPS) is 10.0. The van der Waals surface area contributed by atoms with Crippen LogP contribution in [-0.4, -0.2) is 32.0 Å². The summed E-state index contributed by atoms with van der Waals surface area (Å²) in [6, 6.07) is 1.91. The molecule has 0 heterocycles. The van der Waals surface area contributed by atoms with Gasteiger partial charge < -0.3 is 16.0 Å². The Morgan fingerprint density at radius 2 is 1.80 bits per heavy atom. The van der Waals surface area contributed by atoms with Crippen molar-refractivity contribution in [3.05, 3.63) is 29.3 Å². The van der Waals surface area contributed by atoms with Crippen LogP contribution < -0.4 is 16.0 Å². The van der Waals surface area contributed by atoms with Crippen LogP contribution in [0.4, 0.5) is 14.5 Å². The van der Waals surface area contributed by atoms with E-state index in [0.717, 1.165) is 12.1 Å². The Bertz CT molecular complexity index is 483. The molecule has 0 bridgehead atoms. The molecule has 0 aliphatic carbocycles. The van der Waals surface area contributed by atoms with E-state index in [1.165, 1.54) is 7.05 Å². The van der Waals surface area contributed by atoms with Crippen LogP contribution in [0, 0.1) is 11.6 Å². The molecule has 0 aliphatic rings. The van der Waals surface area contributed by atoms with Crippen LogP contribution in [0.1, 0.15) is 23.7 Å². The van der Waals surface area contributed by atoms with Crippen molar-refractivity contribution in [3.8, 4) is 0 Å². The maximum Gasteiger partial charge on any atom is 0.251 e. The third kappa shape index (κ3) is 4.18. The average molecular weight is 285 g/mol. The Hall–Kier alpha value is -2.18. The van der Waals surface area contributed by atoms with Crippen LogP contribution in [-0.2, 0) is 4.79 Å². The topological polar surface area (TPSA) is 70.2 Å². The molecule has 110 valence electrons. The molecule has 0 atom stereocenters. The zero-order valence-corrected chi connectivity index (χ0v) is 11.3. The highest BCUT2D eigenvalue weighted by molar-refractivity contribution is 5.94. The number of carbonyl (C=O) groups excluding carboxylic acids is 2. The van der Waals surface area contributed by atoms with E-state index in [-0.39, 0.29) is 30.1 Å². The first-order valence-electron chi connectivity index (χ1n) is 6.21. The van der Waals surface area contributed by atoms with Gasteiger partial charge in [0.2, 0.25) is 5.91 Å². The molecule has 0 fully saturated rings. The Morgan fingerprint density at radius 3 is 2.30 bits per heavy atom. The lowest BCUT2D eigenvalue weighted by atomic mass is 10.1. The molecule has 0 saturated carbocycles. The van der Waals surface area contributed by atoms with E-state index in [1.807, 2.05) is 0 Å². The van der Waals surface area contributed by atoms with Gasteiger partial charge in [0.05, 0.1) is 0 Å². The van der Waals surface area contributed by atoms with Crippen LogP contribution >= 0.6 is 0 Å². The predicted octanol–water partition coefficient (Wildman–Crippen LogP) is 1.26. The number of nitrogens with one attached hydrogen (secondary N) is 3. The number of hydrogen-bond donors (Lipinski definition) is 3. The first-order chi connectivity index (χ1) is 9.49. The highest BCUT2D eigenvalue weighted by atomic mass is 19.1. The highest BCUT2D eigenvalue weighted by Gasteiger charge is 2.14. The molecule has 1 rings (SSSR count). The van der Waals surface area contributed by atoms with Crippen LogP contribution in [0.2, 0.25) is 0 Å². The van der Waals surface area contributed by atoms with E-state index in [9.17, 15) is 18.4 Å². The van der Waals surface area contributed by atoms with E-state index >= 15 is 0 Å². The summed E-state index contributed by atoms with van der Waals surface area (Å²) < 4.78 is 27.2. The average Bonchev–Trinajstić information content (AvgIpc) is 2.42. The van der Waals surface area contributed by atoms with Gasteiger partial charge in [-0.2, -0.15) is 0 Å². The summed E-state index contributed by atoms with van der Waals surface area (Å²) >= 11 is 0. The molecule has 3 N–H and O–H groups in total. The molecule has 0 aromatic heterocycles. The van der Waals surface area contributed by atoms with Crippen molar-refractivity contribution in [1.82, 2.24) is 10.6 Å². The molecule has 0 aliphatic heterocycles. The van der Waals surface area contributed by atoms with Crippen molar-refractivity contribution in [2.45, 2.75) is 13.3 Å². The van der Waals surface area contributed by atoms with E-state index in [4.69, 9.17) is 0 Å². The van der Waals surface area contributed by atoms with Crippen molar-refractivity contribution >= 4 is 17.5 Å². The summed E-state index contributed by atoms with van der Waals surface area (Å²) in [5, 5.41) is 7.36. The Labute approximate surface area is 115 Å². The number of benzene rings is 1. The van der Waals surface area contributed by atoms with E-state index in [1.54, 1.807) is 6.92 Å². The minimum atomic E-state index is -0.830. The van der Waals surface area contributed by atoms with Gasteiger partial charge in [-0.15, -0.1) is 0 Å². The SMILES string of the molecule is CCNc1c(F)cc(C(=O)NCCC(=O)NC)cc1F. The van der Waals surface area contributed by atoms with Crippen molar-refractivity contribution in [2.24, 2.45) is 0 Å². The number of carbonyl (C=O) groups is 2. The Morgan fingerprint density at radius 1 is 1.20 bits per heavy atom. The smallest absolute Gasteiger partial charge is 0.251 e. The van der Waals surface area contributed by atoms with Gasteiger partial charge in [0.25, 0.3) is 5.91 Å². The Kier molecular flexibility index (Phi) is 5.89. The van der Waals surface area contributed by atoms with Crippen molar-refractivity contribution in [3.63, 3.8) is 0 Å². The fraction of sp³-hybridized carbons (Fsp3) is 0.385. The number of amides is 2. The van der Waals surface area contributed by atoms with Crippen molar-refractivity contribution < 1.29 is 18.4 Å². The first-order valence-corrected chi connectivity index (χ1v) is 6.21. The van der Waals surface area contributed by atoms with Gasteiger partial charge in [0.15, 0.2) is 0 Å². The molecular formula is C13H17F2N3O2. The number of halogens is 2. The van der Waals surface area contributed by atoms with E-state index in [0.29, 0.717) is 6.54 Å². The fourth-order valence-electron chi connectivity index (χ4n) is 1.57. The molecule has 1 aromatic rings. The highest BCUT2D eigenvalue weighted by Crippen LogP contribution is 2.20. The third-order valence-electron chi connectivity index (χ3n) is 2.57. The monoisotopic (exact) mass is 285 g/mol. The predicted molar refractivity (Wildman–Crippen MR) is 71.5 cm³/mol. The van der Waals surface area contributed by atoms with Crippen LogP contribution in [0.15, 0.2) is 12.1 Å². The minimum absolute atomic E-state index is 0.0940. The summed E-state index contributed by atoms with van der Waals surface area (Å²) in [6.45, 7) is 2.17. The molecule has 1 aromatic carbocycles. The van der Waals surface area contributed by atoms with Crippen LogP contribution in [0.25, 0.3) is 0 Å². The van der Waals surface area contributed by atoms with Gasteiger partial charge in [-0.05, 0) is 19.1 Å². The summed E-state index contributed by atoms with van der Waals surface area (Å²) in [5.74, 6) is -2.52. The molecule has 0 radical (unpaired) electrons. The summed E-state index contributed by atoms with van der Waals surface area (Å²) in [5.41, 5.74) is -0.382. The zero-order chi connectivity index (χ0) is 15.1. The zero-order valence-electron chi connectivity index (χ0n) is 11.3. The Balaban J connectivity index is 2.72. The lowest BCUT2D eigenvalue weighted by molar-refractivity contribution is -0.120. The summed E-state index contributed by atoms with van der Waals surface area (Å²) in [4.78, 5) is 22.7. The molecular weight excluding hydrogens is 268 g/mol. The van der Waals surface area contributed by atoms with Gasteiger partial charge in [0, 0.05) is 32.1 Å². The van der Waals surface area contributed by atoms with Crippen LogP contribution in [0.3, 0.4) is 0 Å². The second-order valence-electron chi connectivity index (χ2n) is 4.02. The molecule has 20 heavy (non-hydrogen) atoms. The van der Waals surface area contributed by atoms with Gasteiger partial charge in [-0.25, -0.2) is 8.78 Å². The maximum atomic E-state index is 13.6. The lowest BCUT2D eigenvalue weighted by Crippen LogP contribution is -2.29. The van der Waals surface area contributed by atoms with E-state index in [2.05, 4.69) is 16.0 Å². The van der Waals surface area contributed by atoms with E-state index < -0.39 is 17.5 Å². The molecule has 7 heteroatoms. The van der Waals surface area contributed by atoms with Gasteiger partial charge in [-0.1, -0.05) is 0 Å². The first kappa shape index (κ1) is 15.9. The standard InChI is InChI=1S/C13H17F2N3O2/c1-3-17-12-9(14)6-8(7-10(12)15)13(20)18-5-4-11(19)16-2/h6-7,17H,3-5H2,1-2H3,(H,16,19)(H,18,20). The second kappa shape index (κ2) is 7.42.